The number of amides is 2. The Bertz CT molecular complexity index is 1920. The molecule has 10 nitrogen and oxygen atoms in total. The predicted molar refractivity (Wildman–Crippen MR) is 181 cm³/mol. The molecule has 1 aromatic heterocycles. The van der Waals surface area contributed by atoms with Gasteiger partial charge >= 0.3 is 0 Å². The van der Waals surface area contributed by atoms with Crippen LogP contribution in [0.3, 0.4) is 0 Å². The summed E-state index contributed by atoms with van der Waals surface area (Å²) in [5, 5.41) is 15.6. The lowest BCUT2D eigenvalue weighted by atomic mass is 9.82. The molecule has 11 heteroatoms. The molecule has 0 aliphatic carbocycles. The highest BCUT2D eigenvalue weighted by atomic mass is 28.4. The summed E-state index contributed by atoms with van der Waals surface area (Å²) >= 11 is 0. The van der Waals surface area contributed by atoms with Crippen molar-refractivity contribution in [2.24, 2.45) is 5.92 Å². The number of anilines is 1. The number of aliphatic hydroxyl groups is 1. The molecule has 3 aliphatic heterocycles. The minimum atomic E-state index is -2.95. The molecule has 2 fully saturated rings. The van der Waals surface area contributed by atoms with E-state index < -0.39 is 25.9 Å². The molecule has 3 aliphatic rings. The number of carbonyl (C=O) groups excluding carboxylic acids is 2. The molecule has 0 radical (unpaired) electrons. The maximum atomic E-state index is 14.8. The van der Waals surface area contributed by atoms with Crippen molar-refractivity contribution in [3.8, 4) is 5.69 Å². The largest absolute Gasteiger partial charge is 0.432 e. The molecule has 7 rings (SSSR count). The van der Waals surface area contributed by atoms with Crippen LogP contribution in [-0.2, 0) is 26.5 Å². The lowest BCUT2D eigenvalue weighted by Crippen LogP contribution is -2.46. The Labute approximate surface area is 274 Å². The van der Waals surface area contributed by atoms with E-state index in [1.165, 1.54) is 4.68 Å². The second-order valence-electron chi connectivity index (χ2n) is 13.7. The number of aliphatic hydroxyl groups excluding tert-OH is 1. The SMILES string of the molecule is C[C@H]1[C@H]([Si](C)(C)O)[C@@H](CC(=O)N2CCC[C@H]2CO)O[C@]12C(=O)N(Cc1cccc(-n3ncc4ccccc4c3=O)c1)c1ccccc12. The molecule has 2 amide bonds. The van der Waals surface area contributed by atoms with Crippen LogP contribution in [0.4, 0.5) is 5.69 Å². The van der Waals surface area contributed by atoms with Crippen LogP contribution in [0.5, 0.6) is 0 Å². The smallest absolute Gasteiger partial charge is 0.279 e. The van der Waals surface area contributed by atoms with Crippen molar-refractivity contribution in [1.29, 1.82) is 0 Å². The maximum Gasteiger partial charge on any atom is 0.279 e. The van der Waals surface area contributed by atoms with Gasteiger partial charge in [-0.2, -0.15) is 9.78 Å². The zero-order chi connectivity index (χ0) is 33.1. The molecule has 0 saturated carbocycles. The van der Waals surface area contributed by atoms with Crippen molar-refractivity contribution in [3.63, 3.8) is 0 Å². The van der Waals surface area contributed by atoms with Crippen LogP contribution in [-0.4, -0.2) is 70.0 Å². The molecule has 5 atom stereocenters. The number of carbonyl (C=O) groups is 2. The molecule has 3 aromatic carbocycles. The van der Waals surface area contributed by atoms with Crippen molar-refractivity contribution in [1.82, 2.24) is 14.7 Å². The van der Waals surface area contributed by atoms with Crippen molar-refractivity contribution in [2.45, 2.75) is 69.1 Å². The number of benzene rings is 3. The molecule has 4 heterocycles. The first-order chi connectivity index (χ1) is 22.5. The summed E-state index contributed by atoms with van der Waals surface area (Å²) < 4.78 is 8.21. The Balaban J connectivity index is 1.22. The number of hydrogen-bond donors (Lipinski definition) is 2. The van der Waals surface area contributed by atoms with Gasteiger partial charge in [0, 0.05) is 29.0 Å². The third-order valence-corrected chi connectivity index (χ3v) is 12.9. The highest BCUT2D eigenvalue weighted by Crippen LogP contribution is 2.59. The number of likely N-dealkylation sites (tertiary alicyclic amines) is 1. The average molecular weight is 653 g/mol. The number of hydrogen-bond acceptors (Lipinski definition) is 7. The fourth-order valence-electron chi connectivity index (χ4n) is 8.28. The van der Waals surface area contributed by atoms with E-state index in [0.717, 1.165) is 35.0 Å². The second kappa shape index (κ2) is 11.8. The number of aromatic nitrogens is 2. The normalized spacial score (nSPS) is 25.7. The van der Waals surface area contributed by atoms with Crippen LogP contribution in [0.25, 0.3) is 16.5 Å². The summed E-state index contributed by atoms with van der Waals surface area (Å²) in [5.41, 5.74) is 0.874. The molecule has 47 heavy (non-hydrogen) atoms. The quantitative estimate of drug-likeness (QED) is 0.288. The highest BCUT2D eigenvalue weighted by molar-refractivity contribution is 6.71. The Kier molecular flexibility index (Phi) is 7.90. The highest BCUT2D eigenvalue weighted by Gasteiger charge is 2.66. The number of nitrogens with zero attached hydrogens (tertiary/aromatic N) is 4. The first-order valence-electron chi connectivity index (χ1n) is 16.3. The van der Waals surface area contributed by atoms with Gasteiger partial charge in [-0.3, -0.25) is 14.4 Å². The summed E-state index contributed by atoms with van der Waals surface area (Å²) in [6.45, 7) is 6.37. The molecule has 0 unspecified atom stereocenters. The van der Waals surface area contributed by atoms with Gasteiger partial charge in [0.05, 0.1) is 54.7 Å². The van der Waals surface area contributed by atoms with E-state index >= 15 is 0 Å². The Morgan fingerprint density at radius 2 is 1.83 bits per heavy atom. The van der Waals surface area contributed by atoms with Gasteiger partial charge in [-0.15, -0.1) is 0 Å². The van der Waals surface area contributed by atoms with Crippen molar-refractivity contribution < 1.29 is 24.2 Å². The Hall–Kier alpha value is -4.16. The van der Waals surface area contributed by atoms with Crippen molar-refractivity contribution >= 4 is 36.6 Å². The number of rotatable bonds is 7. The van der Waals surface area contributed by atoms with E-state index in [4.69, 9.17) is 4.74 Å². The molecule has 2 N–H and O–H groups in total. The van der Waals surface area contributed by atoms with E-state index in [1.807, 2.05) is 86.7 Å². The van der Waals surface area contributed by atoms with E-state index in [9.17, 15) is 24.3 Å². The van der Waals surface area contributed by atoms with Crippen LogP contribution in [0.1, 0.15) is 37.3 Å². The molecule has 4 aromatic rings. The predicted octanol–water partition coefficient (Wildman–Crippen LogP) is 4.10. The third-order valence-electron chi connectivity index (χ3n) is 10.4. The molecule has 0 bridgehead atoms. The third kappa shape index (κ3) is 5.12. The lowest BCUT2D eigenvalue weighted by Gasteiger charge is -2.32. The van der Waals surface area contributed by atoms with Gasteiger partial charge in [-0.25, -0.2) is 0 Å². The van der Waals surface area contributed by atoms with Crippen LogP contribution in [0.2, 0.25) is 18.6 Å². The monoisotopic (exact) mass is 652 g/mol. The fraction of sp³-hybridized carbons (Fsp3) is 0.389. The molecular weight excluding hydrogens is 613 g/mol. The topological polar surface area (TPSA) is 125 Å². The summed E-state index contributed by atoms with van der Waals surface area (Å²) in [6.07, 6.45) is 2.64. The van der Waals surface area contributed by atoms with Crippen LogP contribution >= 0.6 is 0 Å². The van der Waals surface area contributed by atoms with Gasteiger partial charge in [0.1, 0.15) is 0 Å². The van der Waals surface area contributed by atoms with Crippen LogP contribution in [0, 0.1) is 5.92 Å². The summed E-state index contributed by atoms with van der Waals surface area (Å²) in [7, 11) is -2.95. The molecule has 2 saturated heterocycles. The van der Waals surface area contributed by atoms with Crippen molar-refractivity contribution in [2.75, 3.05) is 18.1 Å². The van der Waals surface area contributed by atoms with Crippen LogP contribution < -0.4 is 10.5 Å². The molecule has 244 valence electrons. The average Bonchev–Trinajstić information content (AvgIpc) is 3.72. The Morgan fingerprint density at radius 3 is 2.62 bits per heavy atom. The summed E-state index contributed by atoms with van der Waals surface area (Å²) in [5.74, 6) is -0.751. The Morgan fingerprint density at radius 1 is 1.06 bits per heavy atom. The fourth-order valence-corrected chi connectivity index (χ4v) is 10.8. The van der Waals surface area contributed by atoms with Gasteiger partial charge in [0.25, 0.3) is 11.5 Å². The number of para-hydroxylation sites is 1. The van der Waals surface area contributed by atoms with E-state index in [-0.39, 0.29) is 48.5 Å². The molecule has 1 spiro atoms. The van der Waals surface area contributed by atoms with E-state index in [2.05, 4.69) is 5.10 Å². The van der Waals surface area contributed by atoms with Gasteiger partial charge < -0.3 is 24.4 Å². The zero-order valence-corrected chi connectivity index (χ0v) is 27.9. The summed E-state index contributed by atoms with van der Waals surface area (Å²) in [6, 6.07) is 22.1. The zero-order valence-electron chi connectivity index (χ0n) is 26.9. The van der Waals surface area contributed by atoms with Crippen molar-refractivity contribution in [3.05, 3.63) is 100 Å². The van der Waals surface area contributed by atoms with Gasteiger partial charge in [-0.05, 0) is 55.8 Å². The summed E-state index contributed by atoms with van der Waals surface area (Å²) in [4.78, 5) is 56.7. The lowest BCUT2D eigenvalue weighted by molar-refractivity contribution is -0.150. The standard InChI is InChI=1S/C36H40N4O6Si/c1-23-33(47(2,3)45)31(19-32(42)38-17-9-13-27(38)22-41)46-36(23)29-15-6-7-16-30(29)39(35(36)44)21-24-10-8-12-26(18-24)40-34(43)28-14-5-4-11-25(28)20-37-40/h4-8,10-12,14-16,18,20,23,27,31,33,41,45H,9,13,17,19,21-22H2,1-3H3/t23-,27-,31+,33-,36+/m0/s1. The van der Waals surface area contributed by atoms with Gasteiger partial charge in [0.2, 0.25) is 5.91 Å². The van der Waals surface area contributed by atoms with E-state index in [0.29, 0.717) is 17.6 Å². The minimum absolute atomic E-state index is 0.0370. The molecular formula is C36H40N4O6Si. The van der Waals surface area contributed by atoms with E-state index in [1.54, 1.807) is 22.1 Å². The first-order valence-corrected chi connectivity index (χ1v) is 19.4. The van der Waals surface area contributed by atoms with Gasteiger partial charge in [0.15, 0.2) is 13.9 Å². The van der Waals surface area contributed by atoms with Crippen LogP contribution in [0.15, 0.2) is 83.8 Å². The van der Waals surface area contributed by atoms with Gasteiger partial charge in [-0.1, -0.05) is 55.5 Å². The first kappa shape index (κ1) is 31.4. The maximum absolute atomic E-state index is 14.8. The minimum Gasteiger partial charge on any atom is -0.432 e. The number of fused-ring (bicyclic) bond motifs is 3. The number of ether oxygens (including phenoxy) is 1. The second-order valence-corrected chi connectivity index (χ2v) is 17.6.